The first-order valence-corrected chi connectivity index (χ1v) is 9.14. The number of carboxylic acids is 1. The summed E-state index contributed by atoms with van der Waals surface area (Å²) in [4.78, 5) is 37.3. The number of nitrogens with zero attached hydrogens (tertiary/aromatic N) is 1. The second kappa shape index (κ2) is 8.75. The lowest BCUT2D eigenvalue weighted by Crippen LogP contribution is -2.54. The van der Waals surface area contributed by atoms with Crippen LogP contribution < -0.4 is 5.32 Å². The normalized spacial score (nSPS) is 18.0. The number of hydrogen-bond acceptors (Lipinski definition) is 5. The topological polar surface area (TPSA) is 95.9 Å². The van der Waals surface area contributed by atoms with Gasteiger partial charge in [0.1, 0.15) is 18.7 Å². The van der Waals surface area contributed by atoms with Gasteiger partial charge in [-0.2, -0.15) is 0 Å². The molecule has 2 amide bonds. The Labute approximate surface area is 150 Å². The Bertz CT molecular complexity index is 623. The van der Waals surface area contributed by atoms with E-state index < -0.39 is 30.1 Å². The molecule has 1 aliphatic heterocycles. The molecule has 1 fully saturated rings. The molecule has 1 aromatic rings. The van der Waals surface area contributed by atoms with Gasteiger partial charge in [0.2, 0.25) is 5.91 Å². The molecule has 1 aliphatic rings. The van der Waals surface area contributed by atoms with Gasteiger partial charge in [-0.3, -0.25) is 4.79 Å². The summed E-state index contributed by atoms with van der Waals surface area (Å²) >= 11 is 1.38. The molecule has 0 radical (unpaired) electrons. The number of aliphatic carboxylic acids is 1. The van der Waals surface area contributed by atoms with Crippen molar-refractivity contribution in [3.63, 3.8) is 0 Å². The first-order chi connectivity index (χ1) is 11.9. The molecule has 7 nitrogen and oxygen atoms in total. The predicted octanol–water partition coefficient (Wildman–Crippen LogP) is 1.92. The van der Waals surface area contributed by atoms with Gasteiger partial charge in [-0.1, -0.05) is 44.2 Å². The summed E-state index contributed by atoms with van der Waals surface area (Å²) in [5, 5.41) is 11.8. The summed E-state index contributed by atoms with van der Waals surface area (Å²) in [6, 6.07) is 7.52. The smallest absolute Gasteiger partial charge is 0.408 e. The largest absolute Gasteiger partial charge is 0.480 e. The van der Waals surface area contributed by atoms with Crippen LogP contribution in [0, 0.1) is 5.92 Å². The minimum absolute atomic E-state index is 0.100. The van der Waals surface area contributed by atoms with E-state index in [1.165, 1.54) is 16.7 Å². The summed E-state index contributed by atoms with van der Waals surface area (Å²) in [6.45, 7) is 3.68. The quantitative estimate of drug-likeness (QED) is 0.799. The van der Waals surface area contributed by atoms with E-state index in [0.29, 0.717) is 11.6 Å². The SMILES string of the molecule is CC(C)C(NC(=O)OCc1ccccc1)C(=O)N1CSCC1C(=O)O. The Morgan fingerprint density at radius 3 is 2.60 bits per heavy atom. The number of carboxylic acid groups (broad SMARTS) is 1. The van der Waals surface area contributed by atoms with Crippen LogP contribution in [0.25, 0.3) is 0 Å². The van der Waals surface area contributed by atoms with E-state index in [-0.39, 0.29) is 12.5 Å². The Balaban J connectivity index is 1.96. The molecule has 136 valence electrons. The van der Waals surface area contributed by atoms with Crippen molar-refractivity contribution in [2.45, 2.75) is 32.5 Å². The number of nitrogens with one attached hydrogen (secondary N) is 1. The fourth-order valence-corrected chi connectivity index (χ4v) is 3.60. The van der Waals surface area contributed by atoms with E-state index >= 15 is 0 Å². The predicted molar refractivity (Wildman–Crippen MR) is 94.0 cm³/mol. The lowest BCUT2D eigenvalue weighted by Gasteiger charge is -2.28. The third-order valence-corrected chi connectivity index (χ3v) is 4.88. The molecule has 0 aliphatic carbocycles. The number of carbonyl (C=O) groups is 3. The van der Waals surface area contributed by atoms with Crippen molar-refractivity contribution in [2.24, 2.45) is 5.92 Å². The van der Waals surface area contributed by atoms with Crippen molar-refractivity contribution in [1.82, 2.24) is 10.2 Å². The molecule has 2 atom stereocenters. The Hall–Kier alpha value is -2.22. The first kappa shape index (κ1) is 19.1. The van der Waals surface area contributed by atoms with Gasteiger partial charge in [-0.05, 0) is 11.5 Å². The number of ether oxygens (including phenoxy) is 1. The Morgan fingerprint density at radius 2 is 2.00 bits per heavy atom. The molecule has 2 rings (SSSR count). The van der Waals surface area contributed by atoms with Crippen LogP contribution in [-0.4, -0.2) is 51.7 Å². The first-order valence-electron chi connectivity index (χ1n) is 7.98. The van der Waals surface area contributed by atoms with E-state index in [9.17, 15) is 19.5 Å². The maximum Gasteiger partial charge on any atom is 0.408 e. The van der Waals surface area contributed by atoms with Crippen molar-refractivity contribution < 1.29 is 24.2 Å². The van der Waals surface area contributed by atoms with Gasteiger partial charge in [0.15, 0.2) is 0 Å². The number of hydrogen-bond donors (Lipinski definition) is 2. The van der Waals surface area contributed by atoms with Gasteiger partial charge in [0.05, 0.1) is 5.88 Å². The van der Waals surface area contributed by atoms with Crippen LogP contribution in [0.1, 0.15) is 19.4 Å². The number of carbonyl (C=O) groups excluding carboxylic acids is 2. The third kappa shape index (κ3) is 5.12. The number of amides is 2. The molecule has 1 aromatic carbocycles. The molecule has 2 unspecified atom stereocenters. The maximum absolute atomic E-state index is 12.7. The van der Waals surface area contributed by atoms with Crippen LogP contribution in [0.3, 0.4) is 0 Å². The molecule has 1 saturated heterocycles. The van der Waals surface area contributed by atoms with E-state index in [1.54, 1.807) is 13.8 Å². The van der Waals surface area contributed by atoms with Crippen LogP contribution in [-0.2, 0) is 20.9 Å². The lowest BCUT2D eigenvalue weighted by atomic mass is 10.0. The van der Waals surface area contributed by atoms with Crippen LogP contribution in [0.4, 0.5) is 4.79 Å². The highest BCUT2D eigenvalue weighted by Crippen LogP contribution is 2.23. The highest BCUT2D eigenvalue weighted by atomic mass is 32.2. The summed E-state index contributed by atoms with van der Waals surface area (Å²) in [7, 11) is 0. The average Bonchev–Trinajstić information content (AvgIpc) is 3.08. The van der Waals surface area contributed by atoms with E-state index in [4.69, 9.17) is 4.74 Å². The summed E-state index contributed by atoms with van der Waals surface area (Å²) in [5.74, 6) is -0.974. The second-order valence-corrected chi connectivity index (χ2v) is 7.09. The second-order valence-electron chi connectivity index (χ2n) is 6.09. The zero-order valence-electron chi connectivity index (χ0n) is 14.2. The van der Waals surface area contributed by atoms with E-state index in [2.05, 4.69) is 5.32 Å². The fourth-order valence-electron chi connectivity index (χ4n) is 2.45. The van der Waals surface area contributed by atoms with Crippen LogP contribution in [0.5, 0.6) is 0 Å². The van der Waals surface area contributed by atoms with Crippen LogP contribution in [0.2, 0.25) is 0 Å². The molecule has 0 saturated carbocycles. The van der Waals surface area contributed by atoms with Gasteiger partial charge in [0.25, 0.3) is 0 Å². The molecule has 0 spiro atoms. The molecule has 1 heterocycles. The Kier molecular flexibility index (Phi) is 6.69. The molecule has 25 heavy (non-hydrogen) atoms. The molecule has 0 aromatic heterocycles. The number of thioether (sulfide) groups is 1. The van der Waals surface area contributed by atoms with Crippen molar-refractivity contribution in [1.29, 1.82) is 0 Å². The van der Waals surface area contributed by atoms with Gasteiger partial charge < -0.3 is 20.1 Å². The minimum atomic E-state index is -1.03. The number of alkyl carbamates (subject to hydrolysis) is 1. The molecule has 0 bridgehead atoms. The minimum Gasteiger partial charge on any atom is -0.480 e. The van der Waals surface area contributed by atoms with Crippen LogP contribution >= 0.6 is 11.8 Å². The zero-order chi connectivity index (χ0) is 18.4. The van der Waals surface area contributed by atoms with Crippen molar-refractivity contribution in [2.75, 3.05) is 11.6 Å². The van der Waals surface area contributed by atoms with Crippen LogP contribution in [0.15, 0.2) is 30.3 Å². The number of benzene rings is 1. The zero-order valence-corrected chi connectivity index (χ0v) is 15.0. The molecular weight excluding hydrogens is 344 g/mol. The van der Waals surface area contributed by atoms with Gasteiger partial charge in [-0.25, -0.2) is 9.59 Å². The lowest BCUT2D eigenvalue weighted by molar-refractivity contribution is -0.148. The van der Waals surface area contributed by atoms with Gasteiger partial charge >= 0.3 is 12.1 Å². The molecule has 2 N–H and O–H groups in total. The van der Waals surface area contributed by atoms with Crippen molar-refractivity contribution in [3.8, 4) is 0 Å². The number of rotatable bonds is 6. The summed E-state index contributed by atoms with van der Waals surface area (Å²) < 4.78 is 5.15. The monoisotopic (exact) mass is 366 g/mol. The van der Waals surface area contributed by atoms with E-state index in [0.717, 1.165) is 5.56 Å². The standard InChI is InChI=1S/C17H22N2O5S/c1-11(2)14(15(20)19-10-25-9-13(19)16(21)22)18-17(23)24-8-12-6-4-3-5-7-12/h3-7,11,13-14H,8-10H2,1-2H3,(H,18,23)(H,21,22). The fraction of sp³-hybridized carbons (Fsp3) is 0.471. The highest BCUT2D eigenvalue weighted by molar-refractivity contribution is 7.99. The van der Waals surface area contributed by atoms with Crippen molar-refractivity contribution in [3.05, 3.63) is 35.9 Å². The maximum atomic E-state index is 12.7. The average molecular weight is 366 g/mol. The summed E-state index contributed by atoms with van der Waals surface area (Å²) in [5.41, 5.74) is 0.840. The Morgan fingerprint density at radius 1 is 1.32 bits per heavy atom. The third-order valence-electron chi connectivity index (χ3n) is 3.87. The molecular formula is C17H22N2O5S. The molecule has 8 heteroatoms. The van der Waals surface area contributed by atoms with Gasteiger partial charge in [-0.15, -0.1) is 11.8 Å². The van der Waals surface area contributed by atoms with E-state index in [1.807, 2.05) is 30.3 Å². The highest BCUT2D eigenvalue weighted by Gasteiger charge is 2.39. The van der Waals surface area contributed by atoms with Crippen molar-refractivity contribution >= 4 is 29.7 Å². The summed E-state index contributed by atoms with van der Waals surface area (Å²) in [6.07, 6.45) is -0.699. The van der Waals surface area contributed by atoms with Gasteiger partial charge in [0, 0.05) is 5.75 Å².